The highest BCUT2D eigenvalue weighted by atomic mass is 32.1. The first-order valence-corrected chi connectivity index (χ1v) is 4.22. The Bertz CT molecular complexity index is 264. The molecule has 0 spiro atoms. The van der Waals surface area contributed by atoms with Gasteiger partial charge in [-0.15, -0.1) is 0 Å². The summed E-state index contributed by atoms with van der Waals surface area (Å²) in [7, 11) is 3.89. The summed E-state index contributed by atoms with van der Waals surface area (Å²) in [5, 5.41) is 0.848. The fourth-order valence-electron chi connectivity index (χ4n) is 0.821. The van der Waals surface area contributed by atoms with Crippen LogP contribution in [-0.4, -0.2) is 19.0 Å². The van der Waals surface area contributed by atoms with Crippen molar-refractivity contribution in [3.8, 4) is 0 Å². The van der Waals surface area contributed by atoms with E-state index in [-0.39, 0.29) is 0 Å². The molecular formula is C10H12NS. The largest absolute Gasteiger partial charge is 0.369 e. The van der Waals surface area contributed by atoms with Gasteiger partial charge in [0.1, 0.15) is 5.03 Å². The summed E-state index contributed by atoms with van der Waals surface area (Å²) >= 11 is 5.13. The van der Waals surface area contributed by atoms with E-state index in [0.717, 1.165) is 10.6 Å². The smallest absolute Gasteiger partial charge is 0.101 e. The number of rotatable bonds is 2. The minimum absolute atomic E-state index is 0.848. The van der Waals surface area contributed by atoms with Crippen LogP contribution in [0.3, 0.4) is 0 Å². The Hall–Kier alpha value is -1.02. The molecule has 0 aliphatic rings. The van der Waals surface area contributed by atoms with Gasteiger partial charge in [0.2, 0.25) is 0 Å². The van der Waals surface area contributed by atoms with Gasteiger partial charge in [0.25, 0.3) is 0 Å². The molecule has 0 amide bonds. The second-order valence-corrected chi connectivity index (χ2v) is 3.21. The Balaban J connectivity index is 2.81. The molecule has 1 rings (SSSR count). The molecule has 0 aliphatic heterocycles. The van der Waals surface area contributed by atoms with Gasteiger partial charge in [-0.25, -0.2) is 0 Å². The third-order valence-corrected chi connectivity index (χ3v) is 2.01. The Labute approximate surface area is 79.1 Å². The summed E-state index contributed by atoms with van der Waals surface area (Å²) in [4.78, 5) is 1.92. The van der Waals surface area contributed by atoms with Gasteiger partial charge in [-0.1, -0.05) is 43.0 Å². The molecule has 0 atom stereocenters. The van der Waals surface area contributed by atoms with Crippen LogP contribution in [0, 0.1) is 0 Å². The molecule has 0 saturated carbocycles. The van der Waals surface area contributed by atoms with Gasteiger partial charge in [0.05, 0.1) is 0 Å². The number of hydrogen-bond acceptors (Lipinski definition) is 1. The van der Waals surface area contributed by atoms with Gasteiger partial charge in [-0.2, -0.15) is 0 Å². The fourth-order valence-corrected chi connectivity index (χ4v) is 0.957. The fraction of sp³-hybridized carbons (Fsp3) is 0.200. The van der Waals surface area contributed by atoms with E-state index in [0.29, 0.717) is 0 Å². The lowest BCUT2D eigenvalue weighted by atomic mass is 10.2. The molecule has 0 N–H and O–H groups in total. The van der Waals surface area contributed by atoms with E-state index < -0.39 is 0 Å². The van der Waals surface area contributed by atoms with Crippen molar-refractivity contribution in [1.82, 2.24) is 4.90 Å². The molecule has 0 heterocycles. The van der Waals surface area contributed by atoms with E-state index in [1.807, 2.05) is 55.4 Å². The Morgan fingerprint density at radius 3 is 2.33 bits per heavy atom. The molecule has 63 valence electrons. The van der Waals surface area contributed by atoms with Crippen LogP contribution in [0.4, 0.5) is 0 Å². The van der Waals surface area contributed by atoms with Crippen molar-refractivity contribution in [2.75, 3.05) is 14.1 Å². The maximum absolute atomic E-state index is 5.13. The second kappa shape index (κ2) is 4.12. The van der Waals surface area contributed by atoms with E-state index in [2.05, 4.69) is 0 Å². The topological polar surface area (TPSA) is 3.24 Å². The SMILES string of the molecule is CN(C)/C([S])=C/c1ccccc1. The minimum atomic E-state index is 0.848. The maximum Gasteiger partial charge on any atom is 0.101 e. The second-order valence-electron chi connectivity index (χ2n) is 2.79. The average molecular weight is 178 g/mol. The Morgan fingerprint density at radius 2 is 1.83 bits per heavy atom. The highest BCUT2D eigenvalue weighted by Crippen LogP contribution is 2.10. The van der Waals surface area contributed by atoms with Crippen molar-refractivity contribution in [2.45, 2.75) is 0 Å². The zero-order chi connectivity index (χ0) is 8.97. The monoisotopic (exact) mass is 178 g/mol. The van der Waals surface area contributed by atoms with Gasteiger partial charge in [0.15, 0.2) is 0 Å². The molecule has 0 unspecified atom stereocenters. The Morgan fingerprint density at radius 1 is 1.25 bits per heavy atom. The van der Waals surface area contributed by atoms with Crippen LogP contribution < -0.4 is 0 Å². The maximum atomic E-state index is 5.13. The highest BCUT2D eigenvalue weighted by molar-refractivity contribution is 7.84. The van der Waals surface area contributed by atoms with E-state index in [9.17, 15) is 0 Å². The average Bonchev–Trinajstić information content (AvgIpc) is 2.06. The first-order valence-electron chi connectivity index (χ1n) is 3.81. The van der Waals surface area contributed by atoms with E-state index >= 15 is 0 Å². The van der Waals surface area contributed by atoms with Gasteiger partial charge >= 0.3 is 0 Å². The predicted octanol–water partition coefficient (Wildman–Crippen LogP) is 2.74. The molecule has 2 heteroatoms. The van der Waals surface area contributed by atoms with Gasteiger partial charge in [-0.3, -0.25) is 0 Å². The van der Waals surface area contributed by atoms with Crippen LogP contribution in [0.1, 0.15) is 5.56 Å². The third-order valence-electron chi connectivity index (χ3n) is 1.53. The van der Waals surface area contributed by atoms with E-state index in [1.165, 1.54) is 0 Å². The van der Waals surface area contributed by atoms with E-state index in [1.54, 1.807) is 0 Å². The third kappa shape index (κ3) is 2.55. The molecule has 1 nitrogen and oxygen atoms in total. The van der Waals surface area contributed by atoms with Crippen LogP contribution in [0.5, 0.6) is 0 Å². The van der Waals surface area contributed by atoms with Crippen LogP contribution in [0.2, 0.25) is 0 Å². The van der Waals surface area contributed by atoms with Crippen molar-refractivity contribution in [3.05, 3.63) is 40.9 Å². The van der Waals surface area contributed by atoms with Gasteiger partial charge in [-0.05, 0) is 11.6 Å². The molecule has 0 saturated heterocycles. The minimum Gasteiger partial charge on any atom is -0.369 e. The first-order chi connectivity index (χ1) is 5.70. The molecule has 1 aromatic carbocycles. The molecule has 0 aromatic heterocycles. The lowest BCUT2D eigenvalue weighted by Crippen LogP contribution is -2.05. The summed E-state index contributed by atoms with van der Waals surface area (Å²) in [6, 6.07) is 10.1. The molecule has 0 fully saturated rings. The number of nitrogens with zero attached hydrogens (tertiary/aromatic N) is 1. The van der Waals surface area contributed by atoms with Crippen molar-refractivity contribution < 1.29 is 0 Å². The van der Waals surface area contributed by atoms with Gasteiger partial charge < -0.3 is 4.90 Å². The van der Waals surface area contributed by atoms with Crippen LogP contribution in [0.25, 0.3) is 6.08 Å². The van der Waals surface area contributed by atoms with E-state index in [4.69, 9.17) is 12.6 Å². The zero-order valence-electron chi connectivity index (χ0n) is 7.32. The highest BCUT2D eigenvalue weighted by Gasteiger charge is 1.93. The molecular weight excluding hydrogens is 166 g/mol. The summed E-state index contributed by atoms with van der Waals surface area (Å²) in [5.41, 5.74) is 1.15. The molecule has 0 aliphatic carbocycles. The lowest BCUT2D eigenvalue weighted by molar-refractivity contribution is 0.555. The Kier molecular flexibility index (Phi) is 3.11. The van der Waals surface area contributed by atoms with Crippen molar-refractivity contribution in [1.29, 1.82) is 0 Å². The van der Waals surface area contributed by atoms with Crippen molar-refractivity contribution in [3.63, 3.8) is 0 Å². The van der Waals surface area contributed by atoms with Crippen molar-refractivity contribution in [2.24, 2.45) is 0 Å². The van der Waals surface area contributed by atoms with Crippen LogP contribution in [0.15, 0.2) is 35.4 Å². The number of hydrogen-bond donors (Lipinski definition) is 0. The summed E-state index contributed by atoms with van der Waals surface area (Å²) in [5.74, 6) is 0. The predicted molar refractivity (Wildman–Crippen MR) is 55.7 cm³/mol. The standard InChI is InChI=1S/C10H12NS/c1-11(2)10(12)8-9-6-4-3-5-7-9/h3-8H,1-2H3/b10-8-. The van der Waals surface area contributed by atoms with Crippen LogP contribution >= 0.6 is 12.6 Å². The van der Waals surface area contributed by atoms with Crippen LogP contribution in [-0.2, 0) is 0 Å². The summed E-state index contributed by atoms with van der Waals surface area (Å²) in [6.45, 7) is 0. The van der Waals surface area contributed by atoms with Gasteiger partial charge in [0, 0.05) is 14.1 Å². The van der Waals surface area contributed by atoms with Crippen molar-refractivity contribution >= 4 is 18.7 Å². The quantitative estimate of drug-likeness (QED) is 0.673. The molecule has 1 radical (unpaired) electrons. The molecule has 1 aromatic rings. The summed E-state index contributed by atoms with van der Waals surface area (Å²) in [6.07, 6.45) is 1.98. The molecule has 0 bridgehead atoms. The molecule has 12 heavy (non-hydrogen) atoms. The first kappa shape index (κ1) is 9.07. The normalized spacial score (nSPS) is 11.3. The summed E-state index contributed by atoms with van der Waals surface area (Å²) < 4.78 is 0. The number of benzene rings is 1. The lowest BCUT2D eigenvalue weighted by Gasteiger charge is -2.09. The zero-order valence-corrected chi connectivity index (χ0v) is 8.14.